The zero-order valence-corrected chi connectivity index (χ0v) is 17.0. The maximum atomic E-state index is 12.7. The van der Waals surface area contributed by atoms with E-state index < -0.39 is 11.3 Å². The maximum absolute atomic E-state index is 12.7. The summed E-state index contributed by atoms with van der Waals surface area (Å²) in [5.74, 6) is 0.0776. The Labute approximate surface area is 174 Å². The van der Waals surface area contributed by atoms with Crippen LogP contribution in [0.25, 0.3) is 15.9 Å². The highest BCUT2D eigenvalue weighted by atomic mass is 35.5. The second kappa shape index (κ2) is 7.65. The molecule has 1 amide bonds. The molecule has 2 heterocycles. The van der Waals surface area contributed by atoms with Crippen molar-refractivity contribution < 1.29 is 9.53 Å². The third-order valence-corrected chi connectivity index (χ3v) is 5.40. The highest BCUT2D eigenvalue weighted by molar-refractivity contribution is 7.22. The van der Waals surface area contributed by atoms with Crippen LogP contribution in [0.2, 0.25) is 5.02 Å². The smallest absolute Gasteiger partial charge is 0.281 e. The molecule has 0 aliphatic heterocycles. The van der Waals surface area contributed by atoms with Crippen molar-refractivity contribution in [3.8, 4) is 11.4 Å². The van der Waals surface area contributed by atoms with Crippen LogP contribution in [-0.4, -0.2) is 27.8 Å². The van der Waals surface area contributed by atoms with Gasteiger partial charge < -0.3 is 4.74 Å². The quantitative estimate of drug-likeness (QED) is 0.531. The van der Waals surface area contributed by atoms with Crippen molar-refractivity contribution in [2.45, 2.75) is 6.92 Å². The third-order valence-electron chi connectivity index (χ3n) is 4.21. The van der Waals surface area contributed by atoms with Gasteiger partial charge in [0.05, 0.1) is 23.0 Å². The van der Waals surface area contributed by atoms with Crippen LogP contribution in [0.1, 0.15) is 16.2 Å². The van der Waals surface area contributed by atoms with Gasteiger partial charge in [-0.05, 0) is 49.4 Å². The number of hydrogen-bond acceptors (Lipinski definition) is 6. The highest BCUT2D eigenvalue weighted by Crippen LogP contribution is 2.29. The van der Waals surface area contributed by atoms with Crippen molar-refractivity contribution in [1.29, 1.82) is 0 Å². The fraction of sp³-hybridized carbons (Fsp3) is 0.100. The fourth-order valence-corrected chi connectivity index (χ4v) is 3.81. The first-order valence-corrected chi connectivity index (χ1v) is 9.77. The number of aryl methyl sites for hydroxylation is 1. The molecule has 0 unspecified atom stereocenters. The van der Waals surface area contributed by atoms with Crippen molar-refractivity contribution in [1.82, 2.24) is 14.8 Å². The molecule has 2 aromatic carbocycles. The Morgan fingerprint density at radius 2 is 1.93 bits per heavy atom. The Morgan fingerprint density at radius 1 is 1.17 bits per heavy atom. The monoisotopic (exact) mass is 426 g/mol. The number of rotatable bonds is 4. The van der Waals surface area contributed by atoms with Gasteiger partial charge in [-0.1, -0.05) is 22.9 Å². The second-order valence-corrected chi connectivity index (χ2v) is 7.66. The molecule has 1 N–H and O–H groups in total. The van der Waals surface area contributed by atoms with Gasteiger partial charge >= 0.3 is 0 Å². The molecule has 4 rings (SSSR count). The lowest BCUT2D eigenvalue weighted by Crippen LogP contribution is -2.26. The summed E-state index contributed by atoms with van der Waals surface area (Å²) in [4.78, 5) is 29.5. The Hall–Kier alpha value is -3.23. The number of benzene rings is 2. The zero-order valence-electron chi connectivity index (χ0n) is 15.5. The molecule has 0 atom stereocenters. The summed E-state index contributed by atoms with van der Waals surface area (Å²) < 4.78 is 7.58. The van der Waals surface area contributed by atoms with Gasteiger partial charge in [0.1, 0.15) is 5.75 Å². The number of hydrogen-bond donors (Lipinski definition) is 1. The normalized spacial score (nSPS) is 10.9. The van der Waals surface area contributed by atoms with Crippen LogP contribution in [0.5, 0.6) is 5.75 Å². The number of halogens is 1. The van der Waals surface area contributed by atoms with Crippen LogP contribution < -0.4 is 15.5 Å². The summed E-state index contributed by atoms with van der Waals surface area (Å²) in [5.41, 5.74) is 1.32. The van der Waals surface area contributed by atoms with Gasteiger partial charge in [0, 0.05) is 16.8 Å². The molecule has 0 saturated carbocycles. The van der Waals surface area contributed by atoms with E-state index in [1.54, 1.807) is 50.4 Å². The lowest BCUT2D eigenvalue weighted by atomic mass is 10.2. The van der Waals surface area contributed by atoms with E-state index in [4.69, 9.17) is 16.3 Å². The number of nitrogens with one attached hydrogen (secondary N) is 1. The number of carbonyl (C=O) groups is 1. The predicted molar refractivity (Wildman–Crippen MR) is 114 cm³/mol. The molecule has 7 nitrogen and oxygen atoms in total. The largest absolute Gasteiger partial charge is 0.497 e. The minimum absolute atomic E-state index is 0.220. The summed E-state index contributed by atoms with van der Waals surface area (Å²) in [7, 11) is 1.58. The molecule has 4 aromatic rings. The first-order valence-electron chi connectivity index (χ1n) is 8.57. The van der Waals surface area contributed by atoms with Crippen molar-refractivity contribution in [2.24, 2.45) is 0 Å². The van der Waals surface area contributed by atoms with Crippen molar-refractivity contribution >= 4 is 44.2 Å². The average Bonchev–Trinajstić information content (AvgIpc) is 3.10. The Balaban J connectivity index is 1.67. The molecule has 29 heavy (non-hydrogen) atoms. The van der Waals surface area contributed by atoms with Gasteiger partial charge in [-0.3, -0.25) is 14.9 Å². The maximum Gasteiger partial charge on any atom is 0.281 e. The molecule has 0 saturated heterocycles. The first kappa shape index (κ1) is 19.1. The van der Waals surface area contributed by atoms with Gasteiger partial charge in [-0.15, -0.1) is 0 Å². The number of aromatic nitrogens is 3. The third kappa shape index (κ3) is 3.85. The standard InChI is InChI=1S/C20H15ClN4O3S/c1-11-9-16(26)18(24-25(11)13-5-3-12(21)4-6-13)19(27)23-20-22-15-8-7-14(28-2)10-17(15)29-20/h3-10H,1-2H3,(H,22,23,27). The van der Waals surface area contributed by atoms with Gasteiger partial charge in [0.25, 0.3) is 5.91 Å². The molecule has 0 bridgehead atoms. The number of fused-ring (bicyclic) bond motifs is 1. The molecular formula is C20H15ClN4O3S. The fourth-order valence-electron chi connectivity index (χ4n) is 2.79. The number of thiazole rings is 1. The molecular weight excluding hydrogens is 412 g/mol. The number of amides is 1. The SMILES string of the molecule is COc1ccc2nc(NC(=O)c3nn(-c4ccc(Cl)cc4)c(C)cc3=O)sc2c1. The number of ether oxygens (including phenoxy) is 1. The molecule has 0 fully saturated rings. The van der Waals surface area contributed by atoms with E-state index >= 15 is 0 Å². The van der Waals surface area contributed by atoms with E-state index in [0.717, 1.165) is 10.2 Å². The predicted octanol–water partition coefficient (Wildman–Crippen LogP) is 4.06. The van der Waals surface area contributed by atoms with Crippen LogP contribution in [0.15, 0.2) is 53.3 Å². The second-order valence-electron chi connectivity index (χ2n) is 6.19. The Bertz CT molecular complexity index is 1280. The van der Waals surface area contributed by atoms with Crippen LogP contribution in [-0.2, 0) is 0 Å². The van der Waals surface area contributed by atoms with Crippen molar-refractivity contribution in [3.63, 3.8) is 0 Å². The van der Waals surface area contributed by atoms with Gasteiger partial charge in [-0.25, -0.2) is 9.67 Å². The summed E-state index contributed by atoms with van der Waals surface area (Å²) in [6, 6.07) is 13.7. The van der Waals surface area contributed by atoms with Gasteiger partial charge in [-0.2, -0.15) is 5.10 Å². The van der Waals surface area contributed by atoms with E-state index in [2.05, 4.69) is 15.4 Å². The lowest BCUT2D eigenvalue weighted by Gasteiger charge is -2.11. The summed E-state index contributed by atoms with van der Waals surface area (Å²) >= 11 is 7.22. The number of anilines is 1. The zero-order chi connectivity index (χ0) is 20.5. The summed E-state index contributed by atoms with van der Waals surface area (Å²) in [6.45, 7) is 1.74. The molecule has 2 aromatic heterocycles. The lowest BCUT2D eigenvalue weighted by molar-refractivity contribution is 0.101. The topological polar surface area (TPSA) is 86.1 Å². The van der Waals surface area contributed by atoms with E-state index in [-0.39, 0.29) is 5.69 Å². The van der Waals surface area contributed by atoms with Crippen LogP contribution in [0.3, 0.4) is 0 Å². The minimum atomic E-state index is -0.622. The molecule has 9 heteroatoms. The van der Waals surface area contributed by atoms with E-state index in [1.165, 1.54) is 22.1 Å². The number of methoxy groups -OCH3 is 1. The van der Waals surface area contributed by atoms with Crippen LogP contribution >= 0.6 is 22.9 Å². The van der Waals surface area contributed by atoms with Crippen molar-refractivity contribution in [3.05, 3.63) is 75.2 Å². The first-order chi connectivity index (χ1) is 13.9. The van der Waals surface area contributed by atoms with Crippen molar-refractivity contribution in [2.75, 3.05) is 12.4 Å². The Morgan fingerprint density at radius 3 is 2.66 bits per heavy atom. The van der Waals surface area contributed by atoms with E-state index in [0.29, 0.717) is 27.3 Å². The van der Waals surface area contributed by atoms with Gasteiger partial charge in [0.2, 0.25) is 5.43 Å². The Kier molecular flexibility index (Phi) is 5.04. The van der Waals surface area contributed by atoms with E-state index in [1.807, 2.05) is 6.07 Å². The van der Waals surface area contributed by atoms with Gasteiger partial charge in [0.15, 0.2) is 10.8 Å². The highest BCUT2D eigenvalue weighted by Gasteiger charge is 2.17. The van der Waals surface area contributed by atoms with Crippen LogP contribution in [0, 0.1) is 6.92 Å². The molecule has 0 radical (unpaired) electrons. The number of carbonyl (C=O) groups excluding carboxylic acids is 1. The minimum Gasteiger partial charge on any atom is -0.497 e. The molecule has 0 aliphatic rings. The average molecular weight is 427 g/mol. The molecule has 0 spiro atoms. The molecule has 0 aliphatic carbocycles. The van der Waals surface area contributed by atoms with Crippen LogP contribution in [0.4, 0.5) is 5.13 Å². The van der Waals surface area contributed by atoms with E-state index in [9.17, 15) is 9.59 Å². The summed E-state index contributed by atoms with van der Waals surface area (Å²) in [5, 5.41) is 7.87. The summed E-state index contributed by atoms with van der Waals surface area (Å²) in [6.07, 6.45) is 0. The number of nitrogens with zero attached hydrogens (tertiary/aromatic N) is 3. The molecule has 146 valence electrons.